The summed E-state index contributed by atoms with van der Waals surface area (Å²) in [6, 6.07) is 5.79. The highest BCUT2D eigenvalue weighted by Crippen LogP contribution is 2.36. The van der Waals surface area contributed by atoms with Crippen LogP contribution in [0.5, 0.6) is 5.75 Å². The standard InChI is InChI=1S/C20H20Cl2N4O10S3/c1-11-12(2)25-26(17-9-15(22)19(10-14(17)21)38(29,30)31)20(11)24-23-16-5-4-13(8-18(16)35-3)37(27,28)7-6-36-39(32,33)34/h4-5,8-10H,6-7H2,1-3H3,(H,29,30,31)(H,32,33,34). The molecule has 0 saturated carbocycles. The topological polar surface area (TPSA) is 204 Å². The average molecular weight is 644 g/mol. The fourth-order valence-corrected chi connectivity index (χ4v) is 5.99. The Morgan fingerprint density at radius 1 is 0.974 bits per heavy atom. The van der Waals surface area contributed by atoms with Crippen LogP contribution in [0.25, 0.3) is 5.69 Å². The summed E-state index contributed by atoms with van der Waals surface area (Å²) in [5.74, 6) is -0.561. The van der Waals surface area contributed by atoms with E-state index in [4.69, 9.17) is 32.5 Å². The van der Waals surface area contributed by atoms with Crippen LogP contribution >= 0.6 is 23.2 Å². The molecule has 14 nitrogen and oxygen atoms in total. The molecule has 0 radical (unpaired) electrons. The number of ether oxygens (including phenoxy) is 1. The Labute approximate surface area is 233 Å². The number of benzene rings is 2. The molecule has 39 heavy (non-hydrogen) atoms. The van der Waals surface area contributed by atoms with Crippen LogP contribution in [-0.4, -0.2) is 63.6 Å². The minimum Gasteiger partial charge on any atom is -0.494 e. The van der Waals surface area contributed by atoms with Gasteiger partial charge in [-0.05, 0) is 38.1 Å². The third-order valence-corrected chi connectivity index (χ3v) is 8.95. The lowest BCUT2D eigenvalue weighted by Crippen LogP contribution is -2.15. The van der Waals surface area contributed by atoms with Crippen molar-refractivity contribution < 1.29 is 43.3 Å². The maximum atomic E-state index is 12.5. The summed E-state index contributed by atoms with van der Waals surface area (Å²) in [6.45, 7) is 2.57. The van der Waals surface area contributed by atoms with Crippen LogP contribution in [0.1, 0.15) is 11.3 Å². The first-order valence-electron chi connectivity index (χ1n) is 10.4. The summed E-state index contributed by atoms with van der Waals surface area (Å²) < 4.78 is 97.9. The average Bonchev–Trinajstić information content (AvgIpc) is 3.10. The van der Waals surface area contributed by atoms with E-state index in [1.165, 1.54) is 30.0 Å². The van der Waals surface area contributed by atoms with E-state index in [1.54, 1.807) is 13.8 Å². The first-order valence-corrected chi connectivity index (χ1v) is 15.6. The number of rotatable bonds is 10. The molecular formula is C20H20Cl2N4O10S3. The van der Waals surface area contributed by atoms with Crippen molar-refractivity contribution >= 4 is 65.1 Å². The van der Waals surface area contributed by atoms with Crippen molar-refractivity contribution in [1.29, 1.82) is 0 Å². The number of hydrogen-bond donors (Lipinski definition) is 2. The molecule has 1 aromatic heterocycles. The van der Waals surface area contributed by atoms with Gasteiger partial charge in [0.1, 0.15) is 16.3 Å². The second-order valence-corrected chi connectivity index (χ2v) is 13.2. The van der Waals surface area contributed by atoms with E-state index in [0.717, 1.165) is 12.1 Å². The Balaban J connectivity index is 2.00. The van der Waals surface area contributed by atoms with E-state index in [2.05, 4.69) is 19.5 Å². The minimum atomic E-state index is -4.80. The SMILES string of the molecule is COc1cc(S(=O)(=O)CCOS(=O)(=O)O)ccc1N=Nc1c(C)c(C)nn1-c1cc(Cl)c(S(=O)(=O)O)cc1Cl. The summed E-state index contributed by atoms with van der Waals surface area (Å²) in [6.07, 6.45) is 0. The predicted molar refractivity (Wildman–Crippen MR) is 140 cm³/mol. The quantitative estimate of drug-likeness (QED) is 0.238. The molecule has 19 heteroatoms. The van der Waals surface area contributed by atoms with Crippen LogP contribution in [0.15, 0.2) is 50.4 Å². The van der Waals surface area contributed by atoms with Crippen molar-refractivity contribution in [2.75, 3.05) is 19.5 Å². The first-order chi connectivity index (χ1) is 17.9. The van der Waals surface area contributed by atoms with Gasteiger partial charge < -0.3 is 4.74 Å². The fourth-order valence-electron chi connectivity index (χ4n) is 3.16. The largest absolute Gasteiger partial charge is 0.494 e. The molecule has 0 spiro atoms. The van der Waals surface area contributed by atoms with E-state index in [-0.39, 0.29) is 37.9 Å². The van der Waals surface area contributed by atoms with E-state index in [1.807, 2.05) is 0 Å². The van der Waals surface area contributed by atoms with Gasteiger partial charge >= 0.3 is 10.4 Å². The number of aromatic nitrogens is 2. The van der Waals surface area contributed by atoms with Gasteiger partial charge in [-0.25, -0.2) is 17.3 Å². The van der Waals surface area contributed by atoms with Gasteiger partial charge in [-0.2, -0.15) is 21.9 Å². The molecule has 0 fully saturated rings. The van der Waals surface area contributed by atoms with Crippen molar-refractivity contribution in [3.05, 3.63) is 51.6 Å². The summed E-state index contributed by atoms with van der Waals surface area (Å²) in [5, 5.41) is 12.3. The lowest BCUT2D eigenvalue weighted by Gasteiger charge is -2.10. The van der Waals surface area contributed by atoms with Crippen LogP contribution in [-0.2, 0) is 34.5 Å². The van der Waals surface area contributed by atoms with Crippen molar-refractivity contribution in [2.45, 2.75) is 23.6 Å². The van der Waals surface area contributed by atoms with Gasteiger partial charge in [0.15, 0.2) is 15.7 Å². The molecular weight excluding hydrogens is 623 g/mol. The molecule has 0 aliphatic carbocycles. The summed E-state index contributed by atoms with van der Waals surface area (Å²) >= 11 is 12.3. The molecule has 0 saturated heterocycles. The smallest absolute Gasteiger partial charge is 0.397 e. The van der Waals surface area contributed by atoms with Gasteiger partial charge in [-0.15, -0.1) is 10.2 Å². The molecule has 0 aliphatic rings. The maximum absolute atomic E-state index is 12.5. The number of sulfone groups is 1. The van der Waals surface area contributed by atoms with Gasteiger partial charge in [-0.1, -0.05) is 23.2 Å². The van der Waals surface area contributed by atoms with Gasteiger partial charge in [-0.3, -0.25) is 9.11 Å². The molecule has 0 amide bonds. The van der Waals surface area contributed by atoms with E-state index >= 15 is 0 Å². The van der Waals surface area contributed by atoms with Crippen molar-refractivity contribution in [2.24, 2.45) is 10.2 Å². The number of nitrogens with zero attached hydrogens (tertiary/aromatic N) is 4. The minimum absolute atomic E-state index is 0.00884. The zero-order valence-corrected chi connectivity index (χ0v) is 24.2. The van der Waals surface area contributed by atoms with Crippen molar-refractivity contribution in [3.8, 4) is 11.4 Å². The fraction of sp³-hybridized carbons (Fsp3) is 0.250. The highest BCUT2D eigenvalue weighted by Gasteiger charge is 2.22. The van der Waals surface area contributed by atoms with E-state index in [0.29, 0.717) is 11.3 Å². The van der Waals surface area contributed by atoms with E-state index < -0.39 is 47.6 Å². The van der Waals surface area contributed by atoms with Crippen molar-refractivity contribution in [3.63, 3.8) is 0 Å². The Bertz CT molecular complexity index is 1790. The summed E-state index contributed by atoms with van der Waals surface area (Å²) in [7, 11) is -12.2. The van der Waals surface area contributed by atoms with Crippen molar-refractivity contribution in [1.82, 2.24) is 9.78 Å². The number of azo groups is 1. The summed E-state index contributed by atoms with van der Waals surface area (Å²) in [4.78, 5) is -0.819. The zero-order valence-electron chi connectivity index (χ0n) is 20.2. The van der Waals surface area contributed by atoms with Crippen LogP contribution in [0.4, 0.5) is 11.5 Å². The number of hydrogen-bond acceptors (Lipinski definition) is 11. The Morgan fingerprint density at radius 3 is 2.23 bits per heavy atom. The van der Waals surface area contributed by atoms with Gasteiger partial charge in [0.25, 0.3) is 10.1 Å². The Hall–Kier alpha value is -2.64. The van der Waals surface area contributed by atoms with Crippen LogP contribution < -0.4 is 4.74 Å². The van der Waals surface area contributed by atoms with Gasteiger partial charge in [0.2, 0.25) is 0 Å². The number of methoxy groups -OCH3 is 1. The second kappa shape index (κ2) is 11.5. The molecule has 0 aliphatic heterocycles. The normalized spacial score (nSPS) is 12.8. The third-order valence-electron chi connectivity index (χ3n) is 5.18. The molecule has 1 heterocycles. The number of halogens is 2. The molecule has 0 atom stereocenters. The number of aryl methyl sites for hydroxylation is 1. The lowest BCUT2D eigenvalue weighted by molar-refractivity contribution is 0.284. The maximum Gasteiger partial charge on any atom is 0.397 e. The molecule has 212 valence electrons. The highest BCUT2D eigenvalue weighted by atomic mass is 35.5. The first kappa shape index (κ1) is 30.9. The van der Waals surface area contributed by atoms with Crippen LogP contribution in [0.2, 0.25) is 10.0 Å². The lowest BCUT2D eigenvalue weighted by atomic mass is 10.2. The second-order valence-electron chi connectivity index (χ2n) is 7.76. The Morgan fingerprint density at radius 2 is 1.64 bits per heavy atom. The molecule has 2 aromatic carbocycles. The molecule has 3 rings (SSSR count). The monoisotopic (exact) mass is 642 g/mol. The zero-order chi connectivity index (χ0) is 29.3. The molecule has 2 N–H and O–H groups in total. The Kier molecular flexibility index (Phi) is 9.08. The molecule has 0 unspecified atom stereocenters. The molecule has 0 bridgehead atoms. The highest BCUT2D eigenvalue weighted by molar-refractivity contribution is 7.91. The van der Waals surface area contributed by atoms with E-state index in [9.17, 15) is 29.8 Å². The van der Waals surface area contributed by atoms with Gasteiger partial charge in [0, 0.05) is 11.6 Å². The van der Waals surface area contributed by atoms with Gasteiger partial charge in [0.05, 0.1) is 45.8 Å². The summed E-state index contributed by atoms with van der Waals surface area (Å²) in [5.41, 5.74) is 1.35. The molecule has 3 aromatic rings. The third kappa shape index (κ3) is 7.31. The van der Waals surface area contributed by atoms with Crippen LogP contribution in [0.3, 0.4) is 0 Å². The predicted octanol–water partition coefficient (Wildman–Crippen LogP) is 4.06. The van der Waals surface area contributed by atoms with Crippen LogP contribution in [0, 0.1) is 13.8 Å².